The van der Waals surface area contributed by atoms with E-state index in [4.69, 9.17) is 19.4 Å². The highest BCUT2D eigenvalue weighted by Crippen LogP contribution is 2.36. The van der Waals surface area contributed by atoms with Gasteiger partial charge in [-0.15, -0.1) is 0 Å². The lowest BCUT2D eigenvalue weighted by atomic mass is 10.1. The zero-order valence-corrected chi connectivity index (χ0v) is 35.5. The van der Waals surface area contributed by atoms with Gasteiger partial charge in [0.2, 0.25) is 11.9 Å². The van der Waals surface area contributed by atoms with Gasteiger partial charge in [-0.2, -0.15) is 15.0 Å². The number of furan rings is 1. The third kappa shape index (κ3) is 5.34. The second-order valence-electron chi connectivity index (χ2n) is 16.3. The van der Waals surface area contributed by atoms with Gasteiger partial charge in [0.05, 0.1) is 22.1 Å². The number of para-hydroxylation sites is 5. The van der Waals surface area contributed by atoms with Crippen LogP contribution in [0.4, 0.5) is 0 Å². The maximum absolute atomic E-state index is 7.08. The first-order valence-corrected chi connectivity index (χ1v) is 23.6. The molecule has 0 aliphatic rings. The predicted octanol–water partition coefficient (Wildman–Crippen LogP) is 11.0. The Kier molecular flexibility index (Phi) is 8.13. The van der Waals surface area contributed by atoms with Crippen LogP contribution in [-0.4, -0.2) is 32.2 Å². The number of nitrogens with zero attached hydrogens (tertiary/aromatic N) is 5. The van der Waals surface area contributed by atoms with E-state index in [0.29, 0.717) is 17.7 Å². The van der Waals surface area contributed by atoms with E-state index >= 15 is 0 Å². The molecule has 0 aliphatic carbocycles. The van der Waals surface area contributed by atoms with E-state index in [1.807, 2.05) is 6.07 Å². The Morgan fingerprint density at radius 1 is 0.344 bits per heavy atom. The fourth-order valence-electron chi connectivity index (χ4n) is 10.2. The molecular weight excluding hydrogens is 799 g/mol. The van der Waals surface area contributed by atoms with Gasteiger partial charge < -0.3 is 4.42 Å². The van der Waals surface area contributed by atoms with Crippen LogP contribution in [0.25, 0.3) is 88.8 Å². The van der Waals surface area contributed by atoms with Gasteiger partial charge in [-0.05, 0) is 63.2 Å². The van der Waals surface area contributed by atoms with Crippen molar-refractivity contribution >= 4 is 94.4 Å². The molecule has 6 nitrogen and oxygen atoms in total. The molecule has 13 aromatic rings. The first kappa shape index (κ1) is 36.3. The number of benzene rings is 9. The molecule has 0 radical (unpaired) electrons. The first-order valence-electron chi connectivity index (χ1n) is 21.6. The predicted molar refractivity (Wildman–Crippen MR) is 265 cm³/mol. The lowest BCUT2D eigenvalue weighted by molar-refractivity contribution is 0.671. The Hall–Kier alpha value is -8.39. The SMILES string of the molecule is c1ccc([Si](c2ccccc2)(c2ccccc2)c2cc(-c3nc(-n4c5ccccc5c5ccccc54)nc(-n4c5ccccc5c5ccccc54)n3)cc3c2oc2ccccc23)cc1. The van der Waals surface area contributed by atoms with Gasteiger partial charge in [-0.25, -0.2) is 0 Å². The quantitative estimate of drug-likeness (QED) is 0.119. The van der Waals surface area contributed by atoms with E-state index < -0.39 is 8.07 Å². The average molecular weight is 836 g/mol. The minimum Gasteiger partial charge on any atom is -0.456 e. The van der Waals surface area contributed by atoms with Gasteiger partial charge in [-0.1, -0.05) is 182 Å². The zero-order valence-electron chi connectivity index (χ0n) is 34.5. The van der Waals surface area contributed by atoms with E-state index in [-0.39, 0.29) is 0 Å². The molecule has 0 spiro atoms. The molecule has 0 amide bonds. The second kappa shape index (κ2) is 14.3. The molecule has 13 rings (SSSR count). The zero-order chi connectivity index (χ0) is 42.2. The molecule has 4 aromatic heterocycles. The Labute approximate surface area is 369 Å². The second-order valence-corrected chi connectivity index (χ2v) is 20.1. The molecule has 0 atom stereocenters. The molecule has 0 bridgehead atoms. The molecule has 0 saturated carbocycles. The van der Waals surface area contributed by atoms with Gasteiger partial charge in [0, 0.05) is 37.9 Å². The third-order valence-corrected chi connectivity index (χ3v) is 17.7. The Morgan fingerprint density at radius 3 is 1.16 bits per heavy atom. The van der Waals surface area contributed by atoms with Crippen molar-refractivity contribution in [3.05, 3.63) is 224 Å². The van der Waals surface area contributed by atoms with Crippen LogP contribution in [0.5, 0.6) is 0 Å². The molecule has 4 heterocycles. The van der Waals surface area contributed by atoms with Crippen molar-refractivity contribution in [3.8, 4) is 23.3 Å². The highest BCUT2D eigenvalue weighted by Gasteiger charge is 2.44. The molecule has 7 heteroatoms. The summed E-state index contributed by atoms with van der Waals surface area (Å²) in [4.78, 5) is 16.5. The van der Waals surface area contributed by atoms with E-state index in [0.717, 1.165) is 76.3 Å². The number of hydrogen-bond donors (Lipinski definition) is 0. The molecule has 9 aromatic carbocycles. The van der Waals surface area contributed by atoms with Gasteiger partial charge in [0.25, 0.3) is 0 Å². The summed E-state index contributed by atoms with van der Waals surface area (Å²) >= 11 is 0. The molecule has 300 valence electrons. The van der Waals surface area contributed by atoms with Crippen LogP contribution in [0, 0.1) is 0 Å². The maximum Gasteiger partial charge on any atom is 0.240 e. The topological polar surface area (TPSA) is 61.7 Å². The molecule has 0 saturated heterocycles. The molecule has 64 heavy (non-hydrogen) atoms. The van der Waals surface area contributed by atoms with E-state index in [9.17, 15) is 0 Å². The molecule has 0 aliphatic heterocycles. The minimum absolute atomic E-state index is 0.538. The highest BCUT2D eigenvalue weighted by molar-refractivity contribution is 7.20. The first-order chi connectivity index (χ1) is 31.8. The Morgan fingerprint density at radius 2 is 0.719 bits per heavy atom. The fraction of sp³-hybridized carbons (Fsp3) is 0. The van der Waals surface area contributed by atoms with Crippen molar-refractivity contribution < 1.29 is 4.42 Å². The molecule has 0 fully saturated rings. The molecular formula is C57H37N5OSi. The van der Waals surface area contributed by atoms with E-state index in [1.165, 1.54) is 15.6 Å². The van der Waals surface area contributed by atoms with Gasteiger partial charge >= 0.3 is 0 Å². The summed E-state index contributed by atoms with van der Waals surface area (Å²) < 4.78 is 11.5. The number of rotatable bonds is 7. The monoisotopic (exact) mass is 835 g/mol. The van der Waals surface area contributed by atoms with Crippen molar-refractivity contribution in [2.75, 3.05) is 0 Å². The van der Waals surface area contributed by atoms with Crippen LogP contribution < -0.4 is 20.7 Å². The number of aromatic nitrogens is 5. The van der Waals surface area contributed by atoms with Crippen LogP contribution in [0.1, 0.15) is 0 Å². The largest absolute Gasteiger partial charge is 0.456 e. The van der Waals surface area contributed by atoms with Crippen LogP contribution in [-0.2, 0) is 0 Å². The van der Waals surface area contributed by atoms with Crippen molar-refractivity contribution in [2.24, 2.45) is 0 Å². The average Bonchev–Trinajstić information content (AvgIpc) is 4.03. The fourth-order valence-corrected chi connectivity index (χ4v) is 15.1. The summed E-state index contributed by atoms with van der Waals surface area (Å²) in [6.07, 6.45) is 0. The van der Waals surface area contributed by atoms with Gasteiger partial charge in [0.15, 0.2) is 13.9 Å². The van der Waals surface area contributed by atoms with Gasteiger partial charge in [-0.3, -0.25) is 9.13 Å². The van der Waals surface area contributed by atoms with Crippen molar-refractivity contribution in [2.45, 2.75) is 0 Å². The standard InChI is InChI=1S/C57H37N5OSi/c1-4-20-39(21-5-1)64(40-22-6-2-7-23-40,41-24-8-3-9-25-41)53-37-38(36-47-46-30-14-19-35-52(46)63-54(47)53)55-58-56(61-48-31-15-10-26-42(48)43-27-11-16-32-49(43)61)60-57(59-55)62-50-33-17-12-28-44(50)45-29-13-18-34-51(45)62/h1-37H. The van der Waals surface area contributed by atoms with Crippen LogP contribution in [0.3, 0.4) is 0 Å². The molecule has 0 unspecified atom stereocenters. The van der Waals surface area contributed by atoms with Crippen LogP contribution >= 0.6 is 0 Å². The normalized spacial score (nSPS) is 12.1. The van der Waals surface area contributed by atoms with Gasteiger partial charge in [0.1, 0.15) is 11.2 Å². The summed E-state index contributed by atoms with van der Waals surface area (Å²) in [5, 5.41) is 11.5. The Bertz CT molecular complexity index is 3580. The maximum atomic E-state index is 7.08. The Balaban J connectivity index is 1.19. The third-order valence-electron chi connectivity index (χ3n) is 12.9. The minimum atomic E-state index is -3.15. The lowest BCUT2D eigenvalue weighted by Gasteiger charge is -2.34. The van der Waals surface area contributed by atoms with Crippen LogP contribution in [0.2, 0.25) is 0 Å². The smallest absolute Gasteiger partial charge is 0.240 e. The number of hydrogen-bond acceptors (Lipinski definition) is 4. The van der Waals surface area contributed by atoms with E-state index in [1.54, 1.807) is 0 Å². The van der Waals surface area contributed by atoms with Crippen LogP contribution in [0.15, 0.2) is 229 Å². The molecule has 0 N–H and O–H groups in total. The summed E-state index contributed by atoms with van der Waals surface area (Å²) in [5.41, 5.74) is 6.67. The summed E-state index contributed by atoms with van der Waals surface area (Å²) in [6, 6.07) is 79.9. The highest BCUT2D eigenvalue weighted by atomic mass is 28.3. The van der Waals surface area contributed by atoms with E-state index in [2.05, 4.69) is 228 Å². The lowest BCUT2D eigenvalue weighted by Crippen LogP contribution is -2.74. The summed E-state index contributed by atoms with van der Waals surface area (Å²) in [7, 11) is -3.15. The van der Waals surface area contributed by atoms with Crippen molar-refractivity contribution in [1.82, 2.24) is 24.1 Å². The summed E-state index contributed by atoms with van der Waals surface area (Å²) in [5.74, 6) is 1.64. The van der Waals surface area contributed by atoms with Crippen molar-refractivity contribution in [3.63, 3.8) is 0 Å². The summed E-state index contributed by atoms with van der Waals surface area (Å²) in [6.45, 7) is 0. The number of fused-ring (bicyclic) bond motifs is 9. The van der Waals surface area contributed by atoms with Crippen molar-refractivity contribution in [1.29, 1.82) is 0 Å².